The summed E-state index contributed by atoms with van der Waals surface area (Å²) in [5.74, 6) is 2.12. The maximum absolute atomic E-state index is 5.52. The minimum Gasteiger partial charge on any atom is -0.330 e. The van der Waals surface area contributed by atoms with Gasteiger partial charge in [0, 0.05) is 6.54 Å². The molecule has 2 N–H and O–H groups in total. The zero-order valence-electron chi connectivity index (χ0n) is 11.4. The second-order valence-corrected chi connectivity index (χ2v) is 6.10. The van der Waals surface area contributed by atoms with Gasteiger partial charge in [-0.2, -0.15) is 0 Å². The Bertz CT molecular complexity index is 205. The van der Waals surface area contributed by atoms with Gasteiger partial charge in [0.15, 0.2) is 0 Å². The molecule has 0 bridgehead atoms. The summed E-state index contributed by atoms with van der Waals surface area (Å²) in [6, 6.07) is 0. The monoisotopic (exact) mass is 238 g/mol. The van der Waals surface area contributed by atoms with Gasteiger partial charge in [0.25, 0.3) is 0 Å². The molecule has 0 aromatic carbocycles. The van der Waals surface area contributed by atoms with Crippen molar-refractivity contribution in [3.05, 3.63) is 0 Å². The summed E-state index contributed by atoms with van der Waals surface area (Å²) in [5.41, 5.74) is 5.52. The van der Waals surface area contributed by atoms with E-state index in [1.807, 2.05) is 0 Å². The summed E-state index contributed by atoms with van der Waals surface area (Å²) in [7, 11) is 0. The van der Waals surface area contributed by atoms with E-state index >= 15 is 0 Å². The van der Waals surface area contributed by atoms with Gasteiger partial charge in [0.2, 0.25) is 0 Å². The molecule has 0 radical (unpaired) electrons. The summed E-state index contributed by atoms with van der Waals surface area (Å²) in [4.78, 5) is 2.73. The second kappa shape index (κ2) is 7.38. The molecule has 0 unspecified atom stereocenters. The van der Waals surface area contributed by atoms with Gasteiger partial charge in [-0.1, -0.05) is 32.1 Å². The van der Waals surface area contributed by atoms with Gasteiger partial charge in [-0.15, -0.1) is 0 Å². The van der Waals surface area contributed by atoms with Crippen LogP contribution in [0.25, 0.3) is 0 Å². The Balaban J connectivity index is 1.59. The Hall–Kier alpha value is -0.0800. The fraction of sp³-hybridized carbons (Fsp3) is 1.00. The average molecular weight is 238 g/mol. The lowest BCUT2D eigenvalue weighted by Gasteiger charge is -2.41. The van der Waals surface area contributed by atoms with Gasteiger partial charge in [0.1, 0.15) is 0 Å². The molecular formula is C15H30N2. The lowest BCUT2D eigenvalue weighted by atomic mass is 9.75. The second-order valence-electron chi connectivity index (χ2n) is 6.10. The Labute approximate surface area is 107 Å². The first-order valence-electron chi connectivity index (χ1n) is 7.82. The van der Waals surface area contributed by atoms with Gasteiger partial charge in [0.05, 0.1) is 0 Å². The molecular weight excluding hydrogens is 208 g/mol. The molecule has 2 rings (SSSR count). The maximum atomic E-state index is 5.52. The van der Waals surface area contributed by atoms with E-state index in [2.05, 4.69) is 4.90 Å². The number of nitrogens with zero attached hydrogens (tertiary/aromatic N) is 1. The molecule has 0 aromatic rings. The number of unbranched alkanes of at least 4 members (excludes halogenated alkanes) is 3. The lowest BCUT2D eigenvalue weighted by molar-refractivity contribution is 0.0856. The Morgan fingerprint density at radius 1 is 0.882 bits per heavy atom. The van der Waals surface area contributed by atoms with Crippen LogP contribution in [-0.4, -0.2) is 31.1 Å². The molecule has 1 saturated heterocycles. The minimum atomic E-state index is 0.869. The summed E-state index contributed by atoms with van der Waals surface area (Å²) in [5, 5.41) is 0. The average Bonchev–Trinajstić information content (AvgIpc) is 2.38. The SMILES string of the molecule is NCCCCCCN1CC[C@H]2CCCC[C@H]2C1. The smallest absolute Gasteiger partial charge is 0.00123 e. The highest BCUT2D eigenvalue weighted by Crippen LogP contribution is 2.35. The largest absolute Gasteiger partial charge is 0.330 e. The van der Waals surface area contributed by atoms with Crippen molar-refractivity contribution in [3.63, 3.8) is 0 Å². The van der Waals surface area contributed by atoms with Gasteiger partial charge in [-0.3, -0.25) is 0 Å². The van der Waals surface area contributed by atoms with Crippen LogP contribution in [0.2, 0.25) is 0 Å². The van der Waals surface area contributed by atoms with E-state index in [1.54, 1.807) is 0 Å². The first-order valence-corrected chi connectivity index (χ1v) is 7.82. The Kier molecular flexibility index (Phi) is 5.79. The number of hydrogen-bond donors (Lipinski definition) is 1. The minimum absolute atomic E-state index is 0.869. The van der Waals surface area contributed by atoms with Crippen LogP contribution < -0.4 is 5.73 Å². The third kappa shape index (κ3) is 4.26. The van der Waals surface area contributed by atoms with Gasteiger partial charge in [-0.25, -0.2) is 0 Å². The van der Waals surface area contributed by atoms with Crippen molar-refractivity contribution in [3.8, 4) is 0 Å². The first-order chi connectivity index (χ1) is 8.40. The molecule has 2 aliphatic rings. The summed E-state index contributed by atoms with van der Waals surface area (Å²) in [6.07, 6.45) is 12.8. The Morgan fingerprint density at radius 3 is 2.47 bits per heavy atom. The number of fused-ring (bicyclic) bond motifs is 1. The molecule has 100 valence electrons. The molecule has 0 spiro atoms. The number of nitrogens with two attached hydrogens (primary N) is 1. The maximum Gasteiger partial charge on any atom is 0.00123 e. The molecule has 2 heteroatoms. The van der Waals surface area contributed by atoms with Crippen LogP contribution in [0.15, 0.2) is 0 Å². The molecule has 1 aliphatic heterocycles. The van der Waals surface area contributed by atoms with E-state index in [4.69, 9.17) is 5.73 Å². The lowest BCUT2D eigenvalue weighted by Crippen LogP contribution is -2.42. The van der Waals surface area contributed by atoms with E-state index in [0.717, 1.165) is 18.4 Å². The molecule has 0 aromatic heterocycles. The van der Waals surface area contributed by atoms with Crippen LogP contribution in [0.3, 0.4) is 0 Å². The number of rotatable bonds is 6. The molecule has 0 amide bonds. The predicted molar refractivity (Wildman–Crippen MR) is 74.0 cm³/mol. The molecule has 1 aliphatic carbocycles. The Morgan fingerprint density at radius 2 is 1.65 bits per heavy atom. The molecule has 1 heterocycles. The van der Waals surface area contributed by atoms with E-state index < -0.39 is 0 Å². The van der Waals surface area contributed by atoms with E-state index in [9.17, 15) is 0 Å². The molecule has 2 nitrogen and oxygen atoms in total. The molecule has 2 fully saturated rings. The highest BCUT2D eigenvalue weighted by molar-refractivity contribution is 4.83. The predicted octanol–water partition coefficient (Wildman–Crippen LogP) is 3.02. The van der Waals surface area contributed by atoms with Crippen molar-refractivity contribution in [2.45, 2.75) is 57.8 Å². The van der Waals surface area contributed by atoms with Crippen LogP contribution in [0.4, 0.5) is 0 Å². The summed E-state index contributed by atoms with van der Waals surface area (Å²) >= 11 is 0. The van der Waals surface area contributed by atoms with Gasteiger partial charge < -0.3 is 10.6 Å². The van der Waals surface area contributed by atoms with Crippen molar-refractivity contribution in [1.29, 1.82) is 0 Å². The van der Waals surface area contributed by atoms with Crippen LogP contribution in [0, 0.1) is 11.8 Å². The van der Waals surface area contributed by atoms with Crippen LogP contribution >= 0.6 is 0 Å². The topological polar surface area (TPSA) is 29.3 Å². The van der Waals surface area contributed by atoms with E-state index in [1.165, 1.54) is 77.4 Å². The van der Waals surface area contributed by atoms with E-state index in [0.29, 0.717) is 0 Å². The molecule has 17 heavy (non-hydrogen) atoms. The van der Waals surface area contributed by atoms with Crippen molar-refractivity contribution >= 4 is 0 Å². The normalized spacial score (nSPS) is 30.2. The van der Waals surface area contributed by atoms with Gasteiger partial charge >= 0.3 is 0 Å². The van der Waals surface area contributed by atoms with E-state index in [-0.39, 0.29) is 0 Å². The zero-order valence-corrected chi connectivity index (χ0v) is 11.4. The van der Waals surface area contributed by atoms with Crippen molar-refractivity contribution in [2.24, 2.45) is 17.6 Å². The highest BCUT2D eigenvalue weighted by atomic mass is 15.1. The summed E-state index contributed by atoms with van der Waals surface area (Å²) in [6.45, 7) is 4.99. The third-order valence-corrected chi connectivity index (χ3v) is 4.80. The number of piperidine rings is 1. The van der Waals surface area contributed by atoms with Crippen LogP contribution in [0.1, 0.15) is 57.8 Å². The van der Waals surface area contributed by atoms with Crippen LogP contribution in [-0.2, 0) is 0 Å². The standard InChI is InChI=1S/C15H30N2/c16-10-5-1-2-6-11-17-12-9-14-7-3-4-8-15(14)13-17/h14-15H,1-13,16H2/t14-,15+/m1/s1. The van der Waals surface area contributed by atoms with Crippen LogP contribution in [0.5, 0.6) is 0 Å². The third-order valence-electron chi connectivity index (χ3n) is 4.80. The number of hydrogen-bond acceptors (Lipinski definition) is 2. The fourth-order valence-corrected chi connectivity index (χ4v) is 3.71. The highest BCUT2D eigenvalue weighted by Gasteiger charge is 2.30. The summed E-state index contributed by atoms with van der Waals surface area (Å²) < 4.78 is 0. The molecule has 2 atom stereocenters. The quantitative estimate of drug-likeness (QED) is 0.721. The fourth-order valence-electron chi connectivity index (χ4n) is 3.71. The van der Waals surface area contributed by atoms with Crippen molar-refractivity contribution in [1.82, 2.24) is 4.90 Å². The number of likely N-dealkylation sites (tertiary alicyclic amines) is 1. The first kappa shape index (κ1) is 13.4. The van der Waals surface area contributed by atoms with Gasteiger partial charge in [-0.05, 0) is 57.2 Å². The van der Waals surface area contributed by atoms with Crippen molar-refractivity contribution < 1.29 is 0 Å². The molecule has 1 saturated carbocycles. The zero-order chi connectivity index (χ0) is 11.9. The van der Waals surface area contributed by atoms with Crippen molar-refractivity contribution in [2.75, 3.05) is 26.2 Å².